The highest BCUT2D eigenvalue weighted by atomic mass is 16.5. The molecule has 6 nitrogen and oxygen atoms in total. The van der Waals surface area contributed by atoms with Crippen LogP contribution in [0.1, 0.15) is 5.56 Å². The first-order valence-corrected chi connectivity index (χ1v) is 6.67. The quantitative estimate of drug-likeness (QED) is 0.917. The lowest BCUT2D eigenvalue weighted by Crippen LogP contribution is -2.46. The number of nitrogens with zero attached hydrogens (tertiary/aromatic N) is 2. The van der Waals surface area contributed by atoms with E-state index in [9.17, 15) is 14.7 Å². The van der Waals surface area contributed by atoms with Gasteiger partial charge in [-0.1, -0.05) is 30.3 Å². The third kappa shape index (κ3) is 3.60. The molecule has 6 heteroatoms. The van der Waals surface area contributed by atoms with E-state index in [-0.39, 0.29) is 6.42 Å². The van der Waals surface area contributed by atoms with Crippen LogP contribution in [0.4, 0.5) is 10.5 Å². The maximum atomic E-state index is 12.1. The van der Waals surface area contributed by atoms with E-state index in [1.54, 1.807) is 12.1 Å². The topological polar surface area (TPSA) is 79.7 Å². The Kier molecular flexibility index (Phi) is 5.08. The largest absolute Gasteiger partial charge is 0.480 e. The number of amides is 1. The van der Waals surface area contributed by atoms with Crippen molar-refractivity contribution in [3.63, 3.8) is 0 Å². The number of rotatable bonds is 5. The number of aliphatic carboxylic acids is 1. The van der Waals surface area contributed by atoms with Crippen LogP contribution in [0.25, 0.3) is 0 Å². The van der Waals surface area contributed by atoms with Gasteiger partial charge in [-0.2, -0.15) is 0 Å². The number of aromatic nitrogens is 1. The Balaban J connectivity index is 2.37. The molecule has 1 atom stereocenters. The predicted octanol–water partition coefficient (Wildman–Crippen LogP) is 2.35. The number of carboxylic acids is 1. The zero-order valence-electron chi connectivity index (χ0n) is 12.0. The number of ether oxygens (including phenoxy) is 1. The Labute approximate surface area is 128 Å². The molecule has 1 amide bonds. The second kappa shape index (κ2) is 7.21. The van der Waals surface area contributed by atoms with Gasteiger partial charge in [-0.25, -0.2) is 9.59 Å². The van der Waals surface area contributed by atoms with E-state index >= 15 is 0 Å². The first-order valence-electron chi connectivity index (χ1n) is 6.67. The van der Waals surface area contributed by atoms with Crippen molar-refractivity contribution in [2.75, 3.05) is 12.0 Å². The van der Waals surface area contributed by atoms with Gasteiger partial charge in [0.2, 0.25) is 0 Å². The fourth-order valence-electron chi connectivity index (χ4n) is 2.14. The number of methoxy groups -OCH3 is 1. The summed E-state index contributed by atoms with van der Waals surface area (Å²) < 4.78 is 4.74. The molecular weight excluding hydrogens is 284 g/mol. The molecule has 22 heavy (non-hydrogen) atoms. The standard InChI is InChI=1S/C16H16N2O4/c1-22-16(21)18(13-7-9-17-10-8-13)14(15(19)20)11-12-5-3-2-4-6-12/h2-10,14H,11H2,1H3,(H,19,20)/t14-/m0/s1. The SMILES string of the molecule is COC(=O)N(c1ccncc1)[C@@H](Cc1ccccc1)C(=O)O. The first kappa shape index (κ1) is 15.5. The zero-order valence-corrected chi connectivity index (χ0v) is 12.0. The Hall–Kier alpha value is -2.89. The molecule has 2 rings (SSSR count). The van der Waals surface area contributed by atoms with Gasteiger partial charge < -0.3 is 9.84 Å². The van der Waals surface area contributed by atoms with Crippen molar-refractivity contribution in [1.82, 2.24) is 4.98 Å². The second-order valence-corrected chi connectivity index (χ2v) is 4.59. The number of carbonyl (C=O) groups excluding carboxylic acids is 1. The summed E-state index contributed by atoms with van der Waals surface area (Å²) in [7, 11) is 1.22. The average Bonchev–Trinajstić information content (AvgIpc) is 2.55. The molecule has 0 aliphatic rings. The lowest BCUT2D eigenvalue weighted by atomic mass is 10.0. The Morgan fingerprint density at radius 1 is 1.18 bits per heavy atom. The lowest BCUT2D eigenvalue weighted by Gasteiger charge is -2.27. The fraction of sp³-hybridized carbons (Fsp3) is 0.188. The van der Waals surface area contributed by atoms with E-state index in [2.05, 4.69) is 4.98 Å². The molecule has 114 valence electrons. The zero-order chi connectivity index (χ0) is 15.9. The van der Waals surface area contributed by atoms with E-state index in [0.29, 0.717) is 5.69 Å². The maximum absolute atomic E-state index is 12.1. The molecule has 0 saturated heterocycles. The third-order valence-corrected chi connectivity index (χ3v) is 3.18. The van der Waals surface area contributed by atoms with E-state index in [0.717, 1.165) is 10.5 Å². The lowest BCUT2D eigenvalue weighted by molar-refractivity contribution is -0.138. The molecule has 0 saturated carbocycles. The second-order valence-electron chi connectivity index (χ2n) is 4.59. The minimum absolute atomic E-state index is 0.174. The van der Waals surface area contributed by atoms with Gasteiger partial charge in [-0.3, -0.25) is 9.88 Å². The monoisotopic (exact) mass is 300 g/mol. The van der Waals surface area contributed by atoms with Gasteiger partial charge in [0, 0.05) is 18.8 Å². The highest BCUT2D eigenvalue weighted by Gasteiger charge is 2.32. The smallest absolute Gasteiger partial charge is 0.414 e. The number of pyridine rings is 1. The molecule has 0 unspecified atom stereocenters. The van der Waals surface area contributed by atoms with Crippen molar-refractivity contribution >= 4 is 17.7 Å². The maximum Gasteiger partial charge on any atom is 0.414 e. The number of carboxylic acid groups (broad SMARTS) is 1. The summed E-state index contributed by atoms with van der Waals surface area (Å²) in [5, 5.41) is 9.55. The summed E-state index contributed by atoms with van der Waals surface area (Å²) in [5.74, 6) is -1.11. The van der Waals surface area contributed by atoms with E-state index in [1.165, 1.54) is 19.5 Å². The van der Waals surface area contributed by atoms with Gasteiger partial charge in [-0.05, 0) is 17.7 Å². The van der Waals surface area contributed by atoms with Gasteiger partial charge >= 0.3 is 12.1 Å². The number of anilines is 1. The van der Waals surface area contributed by atoms with Crippen LogP contribution in [0.15, 0.2) is 54.9 Å². The summed E-state index contributed by atoms with van der Waals surface area (Å²) in [4.78, 5) is 28.7. The Bertz CT molecular complexity index is 631. The summed E-state index contributed by atoms with van der Waals surface area (Å²) in [6, 6.07) is 11.2. The van der Waals surface area contributed by atoms with Crippen LogP contribution in [0, 0.1) is 0 Å². The van der Waals surface area contributed by atoms with Crippen molar-refractivity contribution in [2.24, 2.45) is 0 Å². The number of hydrogen-bond acceptors (Lipinski definition) is 4. The molecule has 1 aromatic carbocycles. The number of benzene rings is 1. The van der Waals surface area contributed by atoms with E-state index < -0.39 is 18.1 Å². The normalized spacial score (nSPS) is 11.5. The molecule has 0 bridgehead atoms. The highest BCUT2D eigenvalue weighted by molar-refractivity contribution is 5.95. The van der Waals surface area contributed by atoms with Crippen LogP contribution in [0.3, 0.4) is 0 Å². The first-order chi connectivity index (χ1) is 10.6. The molecular formula is C16H16N2O4. The van der Waals surface area contributed by atoms with Crippen molar-refractivity contribution in [3.05, 3.63) is 60.4 Å². The minimum Gasteiger partial charge on any atom is -0.480 e. The van der Waals surface area contributed by atoms with Gasteiger partial charge in [-0.15, -0.1) is 0 Å². The summed E-state index contributed by atoms with van der Waals surface area (Å²) >= 11 is 0. The third-order valence-electron chi connectivity index (χ3n) is 3.18. The molecule has 0 radical (unpaired) electrons. The van der Waals surface area contributed by atoms with Crippen LogP contribution in [0.5, 0.6) is 0 Å². The van der Waals surface area contributed by atoms with Gasteiger partial charge in [0.1, 0.15) is 6.04 Å². The number of hydrogen-bond donors (Lipinski definition) is 1. The number of carbonyl (C=O) groups is 2. The molecule has 1 N–H and O–H groups in total. The average molecular weight is 300 g/mol. The Morgan fingerprint density at radius 3 is 2.36 bits per heavy atom. The summed E-state index contributed by atoms with van der Waals surface area (Å²) in [6.45, 7) is 0. The predicted molar refractivity (Wildman–Crippen MR) is 80.7 cm³/mol. The van der Waals surface area contributed by atoms with Gasteiger partial charge in [0.05, 0.1) is 12.8 Å². The molecule has 1 aromatic heterocycles. The highest BCUT2D eigenvalue weighted by Crippen LogP contribution is 2.20. The summed E-state index contributed by atoms with van der Waals surface area (Å²) in [5.41, 5.74) is 1.24. The fourth-order valence-corrected chi connectivity index (χ4v) is 2.14. The summed E-state index contributed by atoms with van der Waals surface area (Å²) in [6.07, 6.45) is 2.43. The van der Waals surface area contributed by atoms with E-state index in [4.69, 9.17) is 4.74 Å². The molecule has 0 fully saturated rings. The van der Waals surface area contributed by atoms with Crippen molar-refractivity contribution in [3.8, 4) is 0 Å². The van der Waals surface area contributed by atoms with Crippen LogP contribution in [-0.2, 0) is 16.0 Å². The minimum atomic E-state index is -1.11. The molecule has 1 heterocycles. The molecule has 0 aliphatic heterocycles. The molecule has 0 aliphatic carbocycles. The molecule has 2 aromatic rings. The van der Waals surface area contributed by atoms with Crippen LogP contribution < -0.4 is 4.90 Å². The van der Waals surface area contributed by atoms with Crippen LogP contribution in [-0.4, -0.2) is 35.3 Å². The van der Waals surface area contributed by atoms with Gasteiger partial charge in [0.25, 0.3) is 0 Å². The van der Waals surface area contributed by atoms with Gasteiger partial charge in [0.15, 0.2) is 0 Å². The van der Waals surface area contributed by atoms with Crippen molar-refractivity contribution < 1.29 is 19.4 Å². The van der Waals surface area contributed by atoms with Crippen molar-refractivity contribution in [1.29, 1.82) is 0 Å². The van der Waals surface area contributed by atoms with Crippen molar-refractivity contribution in [2.45, 2.75) is 12.5 Å². The Morgan fingerprint density at radius 2 is 1.82 bits per heavy atom. The van der Waals surface area contributed by atoms with Crippen LogP contribution >= 0.6 is 0 Å². The van der Waals surface area contributed by atoms with Crippen LogP contribution in [0.2, 0.25) is 0 Å². The molecule has 0 spiro atoms. The van der Waals surface area contributed by atoms with E-state index in [1.807, 2.05) is 30.3 Å².